The third-order valence-corrected chi connectivity index (χ3v) is 10.5. The first-order valence-electron chi connectivity index (χ1n) is 18.1. The fourth-order valence-electron chi connectivity index (χ4n) is 7.65. The van der Waals surface area contributed by atoms with Crippen LogP contribution in [-0.2, 0) is 19.9 Å². The second kappa shape index (κ2) is 14.6. The third-order valence-electron chi connectivity index (χ3n) is 10.1. The molecule has 0 saturated heterocycles. The van der Waals surface area contributed by atoms with Crippen LogP contribution in [0.4, 0.5) is 23.3 Å². The van der Waals surface area contributed by atoms with Gasteiger partial charge in [0.1, 0.15) is 35.6 Å². The Labute approximate surface area is 345 Å². The Bertz CT molecular complexity index is 2720. The average Bonchev–Trinajstić information content (AvgIpc) is 3.40. The van der Waals surface area contributed by atoms with Crippen LogP contribution in [-0.4, -0.2) is 67.8 Å². The predicted molar refractivity (Wildman–Crippen MR) is 218 cm³/mol. The molecule has 6 N–H and O–H groups in total. The van der Waals surface area contributed by atoms with E-state index >= 15 is 0 Å². The average molecular weight is 830 g/mol. The Hall–Kier alpha value is -7.23. The number of hydrogen-bond donors (Lipinski definition) is 5. The summed E-state index contributed by atoms with van der Waals surface area (Å²) in [6, 6.07) is 27.3. The highest BCUT2D eigenvalue weighted by Crippen LogP contribution is 2.57. The highest BCUT2D eigenvalue weighted by molar-refractivity contribution is 6.32. The number of esters is 1. The number of aromatic hydroxyl groups is 2. The van der Waals surface area contributed by atoms with Crippen LogP contribution in [0, 0.1) is 0 Å². The molecule has 0 fully saturated rings. The standard InChI is InChI=1S/C42H30Cl2N8O7/c43-22-6-13-31-27(16-22)36(21-4-2-1-3-5-21)47-20-35(55)52(31)32(37(45)56)14-15-46-40-49-39(44)50-41(51-40)48-23-7-10-28-26(17-23)38(57)59-42(28)29-11-8-24(53)18-33(29)58-34-19-25(54)9-12-30(34)42/h1-13,16-19,32,53-54H,14-15,20H2,(H2,45,56)(H2,46,48,49,50,51). The minimum atomic E-state index is -1.43. The second-order valence-corrected chi connectivity index (χ2v) is 14.5. The van der Waals surface area contributed by atoms with E-state index in [0.717, 1.165) is 5.56 Å². The number of carbonyl (C=O) groups is 3. The lowest BCUT2D eigenvalue weighted by atomic mass is 9.77. The van der Waals surface area contributed by atoms with Gasteiger partial charge >= 0.3 is 5.97 Å². The fraction of sp³-hybridized carbons (Fsp3) is 0.119. The fourth-order valence-corrected chi connectivity index (χ4v) is 7.98. The van der Waals surface area contributed by atoms with Gasteiger partial charge in [0.2, 0.25) is 29.0 Å². The Morgan fingerprint density at radius 1 is 0.831 bits per heavy atom. The molecule has 15 nitrogen and oxygen atoms in total. The summed E-state index contributed by atoms with van der Waals surface area (Å²) in [5, 5.41) is 26.8. The lowest BCUT2D eigenvalue weighted by molar-refractivity contribution is -0.124. The smallest absolute Gasteiger partial charge is 0.340 e. The highest BCUT2D eigenvalue weighted by atomic mass is 35.5. The van der Waals surface area contributed by atoms with Crippen molar-refractivity contribution in [3.8, 4) is 23.0 Å². The van der Waals surface area contributed by atoms with Gasteiger partial charge in [-0.25, -0.2) is 4.79 Å². The van der Waals surface area contributed by atoms with Crippen molar-refractivity contribution in [2.75, 3.05) is 28.6 Å². The van der Waals surface area contributed by atoms with Crippen molar-refractivity contribution >= 4 is 70.0 Å². The van der Waals surface area contributed by atoms with Gasteiger partial charge in [0.25, 0.3) is 0 Å². The van der Waals surface area contributed by atoms with Gasteiger partial charge in [-0.2, -0.15) is 15.0 Å². The van der Waals surface area contributed by atoms with Crippen LogP contribution in [0.3, 0.4) is 0 Å². The van der Waals surface area contributed by atoms with Crippen LogP contribution in [0.2, 0.25) is 10.3 Å². The minimum Gasteiger partial charge on any atom is -0.508 e. The summed E-state index contributed by atoms with van der Waals surface area (Å²) < 4.78 is 12.2. The molecule has 5 aromatic carbocycles. The van der Waals surface area contributed by atoms with Crippen molar-refractivity contribution in [3.63, 3.8) is 0 Å². The van der Waals surface area contributed by atoms with Gasteiger partial charge < -0.3 is 36.1 Å². The molecule has 1 unspecified atom stereocenters. The number of aromatic nitrogens is 3. The van der Waals surface area contributed by atoms with E-state index in [1.54, 1.807) is 48.5 Å². The SMILES string of the molecule is NC(=O)C(CCNc1nc(Cl)nc(Nc2ccc3c(c2)C(=O)OC32c3ccc(O)cc3Oc3cc(O)ccc32)n1)N1C(=O)CN=C(c2ccccc2)c2cc(Cl)ccc21. The van der Waals surface area contributed by atoms with Crippen LogP contribution in [0.5, 0.6) is 23.0 Å². The lowest BCUT2D eigenvalue weighted by Crippen LogP contribution is -2.50. The molecule has 9 rings (SSSR count). The molecule has 1 aromatic heterocycles. The minimum absolute atomic E-state index is 0.0341. The molecule has 3 aliphatic rings. The second-order valence-electron chi connectivity index (χ2n) is 13.8. The summed E-state index contributed by atoms with van der Waals surface area (Å²) in [6.45, 7) is -0.140. The van der Waals surface area contributed by atoms with E-state index in [1.807, 2.05) is 30.3 Å². The van der Waals surface area contributed by atoms with Gasteiger partial charge in [-0.05, 0) is 72.6 Å². The summed E-state index contributed by atoms with van der Waals surface area (Å²) >= 11 is 12.7. The van der Waals surface area contributed by atoms with Crippen molar-refractivity contribution in [1.29, 1.82) is 0 Å². The molecule has 294 valence electrons. The molecule has 0 aliphatic carbocycles. The Morgan fingerprint density at radius 2 is 1.53 bits per heavy atom. The Kier molecular flexibility index (Phi) is 9.25. The number of benzodiazepines with no additional fused rings is 1. The van der Waals surface area contributed by atoms with E-state index in [0.29, 0.717) is 44.4 Å². The monoisotopic (exact) mass is 828 g/mol. The molecular formula is C42H30Cl2N8O7. The maximum Gasteiger partial charge on any atom is 0.340 e. The number of hydrogen-bond acceptors (Lipinski definition) is 13. The van der Waals surface area contributed by atoms with Crippen LogP contribution < -0.4 is 26.0 Å². The number of nitrogens with two attached hydrogens (primary N) is 1. The van der Waals surface area contributed by atoms with E-state index in [2.05, 4.69) is 30.6 Å². The number of nitrogens with zero attached hydrogens (tertiary/aromatic N) is 5. The van der Waals surface area contributed by atoms with Gasteiger partial charge in [0.15, 0.2) is 5.60 Å². The van der Waals surface area contributed by atoms with E-state index in [9.17, 15) is 24.6 Å². The molecule has 4 heterocycles. The zero-order valence-corrected chi connectivity index (χ0v) is 32.0. The van der Waals surface area contributed by atoms with Crippen molar-refractivity contribution in [3.05, 3.63) is 147 Å². The number of primary amides is 1. The van der Waals surface area contributed by atoms with Crippen LogP contribution in [0.15, 0.2) is 108 Å². The summed E-state index contributed by atoms with van der Waals surface area (Å²) in [5.74, 6) is -1.29. The Balaban J connectivity index is 0.956. The first-order valence-corrected chi connectivity index (χ1v) is 18.9. The number of carbonyl (C=O) groups excluding carboxylic acids is 3. The number of phenolic OH excluding ortho intramolecular Hbond substituents is 2. The van der Waals surface area contributed by atoms with Crippen LogP contribution in [0.25, 0.3) is 0 Å². The zero-order chi connectivity index (χ0) is 41.0. The van der Waals surface area contributed by atoms with E-state index in [1.165, 1.54) is 29.2 Å². The molecule has 0 radical (unpaired) electrons. The molecule has 1 spiro atoms. The molecule has 6 aromatic rings. The Morgan fingerprint density at radius 3 is 2.24 bits per heavy atom. The molecule has 1 atom stereocenters. The largest absolute Gasteiger partial charge is 0.508 e. The van der Waals surface area contributed by atoms with Gasteiger partial charge in [-0.1, -0.05) is 48.0 Å². The molecule has 0 bridgehead atoms. The highest BCUT2D eigenvalue weighted by Gasteiger charge is 2.53. The van der Waals surface area contributed by atoms with Crippen molar-refractivity contribution in [1.82, 2.24) is 15.0 Å². The topological polar surface area (TPSA) is 214 Å². The molecular weight excluding hydrogens is 799 g/mol. The van der Waals surface area contributed by atoms with E-state index in [4.69, 9.17) is 38.4 Å². The number of anilines is 4. The number of aliphatic imine (C=N–C) groups is 1. The van der Waals surface area contributed by atoms with Gasteiger partial charge in [0.05, 0.1) is 17.0 Å². The molecule has 17 heteroatoms. The first kappa shape index (κ1) is 37.4. The number of benzene rings is 5. The third kappa shape index (κ3) is 6.65. The number of ether oxygens (including phenoxy) is 2. The molecule has 3 aliphatic heterocycles. The molecule has 0 saturated carbocycles. The number of rotatable bonds is 9. The quantitative estimate of drug-likeness (QED) is 0.0996. The van der Waals surface area contributed by atoms with E-state index in [-0.39, 0.29) is 65.3 Å². The van der Waals surface area contributed by atoms with E-state index < -0.39 is 29.4 Å². The first-order chi connectivity index (χ1) is 28.5. The summed E-state index contributed by atoms with van der Waals surface area (Å²) in [4.78, 5) is 59.0. The van der Waals surface area contributed by atoms with Crippen molar-refractivity contribution < 1.29 is 34.1 Å². The van der Waals surface area contributed by atoms with Crippen molar-refractivity contribution in [2.24, 2.45) is 10.7 Å². The molecule has 2 amide bonds. The number of phenols is 2. The number of halogens is 2. The van der Waals surface area contributed by atoms with Gasteiger partial charge in [-0.3, -0.25) is 19.5 Å². The maximum absolute atomic E-state index is 13.6. The maximum atomic E-state index is 13.6. The summed E-state index contributed by atoms with van der Waals surface area (Å²) in [6.07, 6.45) is 0.0566. The predicted octanol–water partition coefficient (Wildman–Crippen LogP) is 6.44. The van der Waals surface area contributed by atoms with Gasteiger partial charge in [-0.15, -0.1) is 0 Å². The lowest BCUT2D eigenvalue weighted by Gasteiger charge is -2.36. The zero-order valence-electron chi connectivity index (χ0n) is 30.5. The molecule has 59 heavy (non-hydrogen) atoms. The van der Waals surface area contributed by atoms with Crippen LogP contribution in [0.1, 0.15) is 44.6 Å². The number of fused-ring (bicyclic) bond motifs is 7. The number of amides is 2. The van der Waals surface area contributed by atoms with Gasteiger partial charge in [0, 0.05) is 57.2 Å². The number of nitrogens with one attached hydrogen (secondary N) is 2. The van der Waals surface area contributed by atoms with Crippen LogP contribution >= 0.6 is 23.2 Å². The van der Waals surface area contributed by atoms with Crippen molar-refractivity contribution in [2.45, 2.75) is 18.1 Å². The summed E-state index contributed by atoms with van der Waals surface area (Å²) in [5.41, 5.74) is 8.97. The normalized spacial score (nSPS) is 15.1. The summed E-state index contributed by atoms with van der Waals surface area (Å²) in [7, 11) is 0.